The van der Waals surface area contributed by atoms with Gasteiger partial charge in [-0.2, -0.15) is 0 Å². The van der Waals surface area contributed by atoms with Crippen molar-refractivity contribution in [1.82, 2.24) is 24.8 Å². The summed E-state index contributed by atoms with van der Waals surface area (Å²) in [6.07, 6.45) is -3.21. The van der Waals surface area contributed by atoms with E-state index in [9.17, 15) is 19.8 Å². The zero-order valence-electron chi connectivity index (χ0n) is 17.0. The number of carbonyl (C=O) groups excluding carboxylic acids is 2. The van der Waals surface area contributed by atoms with Gasteiger partial charge in [0.05, 0.1) is 6.33 Å². The number of aldehydes is 1. The van der Waals surface area contributed by atoms with Crippen LogP contribution in [0.15, 0.2) is 30.6 Å². The lowest BCUT2D eigenvalue weighted by Gasteiger charge is -2.16. The van der Waals surface area contributed by atoms with Crippen molar-refractivity contribution in [1.29, 1.82) is 0 Å². The second kappa shape index (κ2) is 8.72. The molecule has 0 aliphatic carbocycles. The van der Waals surface area contributed by atoms with Crippen LogP contribution in [0.1, 0.15) is 34.9 Å². The first-order valence-electron chi connectivity index (χ1n) is 9.80. The van der Waals surface area contributed by atoms with Crippen LogP contribution in [0.2, 0.25) is 0 Å². The summed E-state index contributed by atoms with van der Waals surface area (Å²) < 4.78 is 6.99. The molecule has 11 heteroatoms. The number of nitrogen functional groups attached to an aromatic ring is 1. The van der Waals surface area contributed by atoms with Gasteiger partial charge in [-0.05, 0) is 18.9 Å². The minimum Gasteiger partial charge on any atom is -0.387 e. The number of aliphatic hydroxyl groups is 2. The Morgan fingerprint density at radius 1 is 1.28 bits per heavy atom. The highest BCUT2D eigenvalue weighted by Crippen LogP contribution is 2.32. The number of imidazole rings is 1. The number of likely N-dealkylation sites (N-methyl/N-ethyl adjacent to an activating group) is 1. The summed E-state index contributed by atoms with van der Waals surface area (Å²) >= 11 is 0. The van der Waals surface area contributed by atoms with Crippen LogP contribution in [0.25, 0.3) is 11.2 Å². The quantitative estimate of drug-likeness (QED) is 0.308. The fourth-order valence-electron chi connectivity index (χ4n) is 3.40. The van der Waals surface area contributed by atoms with Gasteiger partial charge in [0.15, 0.2) is 30.1 Å². The number of nitrogens with two attached hydrogens (primary N) is 1. The third-order valence-corrected chi connectivity index (χ3v) is 4.97. The number of benzene rings is 1. The van der Waals surface area contributed by atoms with Crippen LogP contribution in [0.3, 0.4) is 0 Å². The smallest absolute Gasteiger partial charge is 0.252 e. The molecule has 11 nitrogen and oxygen atoms in total. The number of fused-ring (bicyclic) bond motifs is 1. The summed E-state index contributed by atoms with van der Waals surface area (Å²) in [6.45, 7) is 2.07. The van der Waals surface area contributed by atoms with Gasteiger partial charge in [-0.3, -0.25) is 14.2 Å². The van der Waals surface area contributed by atoms with E-state index in [2.05, 4.69) is 32.1 Å². The topological polar surface area (TPSA) is 165 Å². The Kier molecular flexibility index (Phi) is 5.83. The molecule has 2 aromatic heterocycles. The Hall–Kier alpha value is -3.85. The molecule has 1 fully saturated rings. The Labute approximate surface area is 182 Å². The van der Waals surface area contributed by atoms with Gasteiger partial charge in [-0.25, -0.2) is 15.0 Å². The second-order valence-corrected chi connectivity index (χ2v) is 7.03. The van der Waals surface area contributed by atoms with Crippen LogP contribution < -0.4 is 11.1 Å². The predicted octanol–water partition coefficient (Wildman–Crippen LogP) is -0.624. The maximum Gasteiger partial charge on any atom is 0.252 e. The number of ether oxygens (including phenoxy) is 1. The van der Waals surface area contributed by atoms with Crippen molar-refractivity contribution < 1.29 is 24.5 Å². The lowest BCUT2D eigenvalue weighted by Crippen LogP contribution is -2.42. The van der Waals surface area contributed by atoms with Crippen LogP contribution in [0.4, 0.5) is 5.82 Å². The number of nitrogens with zero attached hydrogens (tertiary/aromatic N) is 4. The van der Waals surface area contributed by atoms with E-state index in [1.165, 1.54) is 10.9 Å². The maximum atomic E-state index is 12.1. The lowest BCUT2D eigenvalue weighted by atomic mass is 10.1. The molecule has 0 radical (unpaired) electrons. The molecule has 5 N–H and O–H groups in total. The van der Waals surface area contributed by atoms with Gasteiger partial charge in [0, 0.05) is 17.7 Å². The van der Waals surface area contributed by atoms with Crippen molar-refractivity contribution in [2.24, 2.45) is 0 Å². The number of carbonyl (C=O) groups is 2. The summed E-state index contributed by atoms with van der Waals surface area (Å²) in [4.78, 5) is 36.0. The molecule has 3 heterocycles. The molecule has 1 aliphatic rings. The monoisotopic (exact) mass is 436 g/mol. The van der Waals surface area contributed by atoms with E-state index in [1.54, 1.807) is 31.2 Å². The number of hydrogen-bond donors (Lipinski definition) is 4. The zero-order chi connectivity index (χ0) is 22.8. The number of rotatable bonds is 4. The molecule has 32 heavy (non-hydrogen) atoms. The Morgan fingerprint density at radius 2 is 2.06 bits per heavy atom. The SMILES string of the molecule is CCNC(=O)[C@H]1O[C@@H](n2cnc3c(N)nc(C#Cc4ccccc4C=O)nc32)[C@H](O)[C@@H]1O. The van der Waals surface area contributed by atoms with Crippen LogP contribution in [-0.4, -0.2) is 66.8 Å². The van der Waals surface area contributed by atoms with Gasteiger partial charge in [0.25, 0.3) is 5.91 Å². The molecule has 4 rings (SSSR count). The van der Waals surface area contributed by atoms with Crippen molar-refractivity contribution in [3.8, 4) is 11.8 Å². The zero-order valence-corrected chi connectivity index (χ0v) is 17.0. The second-order valence-electron chi connectivity index (χ2n) is 7.03. The van der Waals surface area contributed by atoms with Crippen molar-refractivity contribution in [3.05, 3.63) is 47.5 Å². The predicted molar refractivity (Wildman–Crippen MR) is 112 cm³/mol. The Morgan fingerprint density at radius 3 is 2.81 bits per heavy atom. The first-order chi connectivity index (χ1) is 15.4. The molecule has 0 bridgehead atoms. The van der Waals surface area contributed by atoms with Crippen LogP contribution in [0.5, 0.6) is 0 Å². The van der Waals surface area contributed by atoms with Crippen molar-refractivity contribution in [2.75, 3.05) is 12.3 Å². The van der Waals surface area contributed by atoms with Gasteiger partial charge in [-0.1, -0.05) is 24.1 Å². The molecular formula is C21H20N6O5. The van der Waals surface area contributed by atoms with E-state index >= 15 is 0 Å². The Balaban J connectivity index is 1.71. The summed E-state index contributed by atoms with van der Waals surface area (Å²) in [5, 5.41) is 23.3. The summed E-state index contributed by atoms with van der Waals surface area (Å²) in [7, 11) is 0. The van der Waals surface area contributed by atoms with Gasteiger partial charge < -0.3 is 26.0 Å². The fourth-order valence-corrected chi connectivity index (χ4v) is 3.40. The van der Waals surface area contributed by atoms with Gasteiger partial charge in [0.2, 0.25) is 5.82 Å². The summed E-state index contributed by atoms with van der Waals surface area (Å²) in [6, 6.07) is 6.80. The number of aromatic nitrogens is 4. The van der Waals surface area contributed by atoms with E-state index in [0.717, 1.165) is 0 Å². The number of aliphatic hydroxyl groups excluding tert-OH is 2. The van der Waals surface area contributed by atoms with Crippen molar-refractivity contribution >= 4 is 29.2 Å². The van der Waals surface area contributed by atoms with E-state index < -0.39 is 30.4 Å². The highest BCUT2D eigenvalue weighted by molar-refractivity contribution is 5.83. The van der Waals surface area contributed by atoms with Gasteiger partial charge >= 0.3 is 0 Å². The molecule has 4 atom stereocenters. The summed E-state index contributed by atoms with van der Waals surface area (Å²) in [5.74, 6) is 5.18. The number of nitrogens with one attached hydrogen (secondary N) is 1. The fraction of sp³-hybridized carbons (Fsp3) is 0.286. The van der Waals surface area contributed by atoms with Crippen molar-refractivity contribution in [2.45, 2.75) is 31.5 Å². The normalized spacial score (nSPS) is 22.3. The average molecular weight is 436 g/mol. The number of amides is 1. The van der Waals surface area contributed by atoms with Crippen LogP contribution >= 0.6 is 0 Å². The first kappa shape index (κ1) is 21.4. The van der Waals surface area contributed by atoms with E-state index in [4.69, 9.17) is 10.5 Å². The molecular weight excluding hydrogens is 416 g/mol. The number of hydrogen-bond acceptors (Lipinski definition) is 9. The highest BCUT2D eigenvalue weighted by atomic mass is 16.6. The number of anilines is 1. The molecule has 3 aromatic rings. The van der Waals surface area contributed by atoms with E-state index in [-0.39, 0.29) is 22.8 Å². The van der Waals surface area contributed by atoms with Gasteiger partial charge in [-0.15, -0.1) is 0 Å². The molecule has 0 unspecified atom stereocenters. The molecule has 1 aromatic carbocycles. The van der Waals surface area contributed by atoms with Gasteiger partial charge in [0.1, 0.15) is 17.7 Å². The largest absolute Gasteiger partial charge is 0.387 e. The van der Waals surface area contributed by atoms with E-state index in [1.807, 2.05) is 0 Å². The minimum atomic E-state index is -1.44. The highest BCUT2D eigenvalue weighted by Gasteiger charge is 2.47. The molecule has 0 spiro atoms. The average Bonchev–Trinajstić information content (AvgIpc) is 3.34. The molecule has 164 valence electrons. The van der Waals surface area contributed by atoms with Crippen LogP contribution in [-0.2, 0) is 9.53 Å². The third kappa shape index (κ3) is 3.78. The van der Waals surface area contributed by atoms with Crippen molar-refractivity contribution in [3.63, 3.8) is 0 Å². The van der Waals surface area contributed by atoms with E-state index in [0.29, 0.717) is 24.0 Å². The minimum absolute atomic E-state index is 0.0510. The lowest BCUT2D eigenvalue weighted by molar-refractivity contribution is -0.137. The third-order valence-electron chi connectivity index (χ3n) is 4.97. The molecule has 1 aliphatic heterocycles. The summed E-state index contributed by atoms with van der Waals surface area (Å²) in [5.41, 5.74) is 7.38. The Bertz CT molecular complexity index is 1250. The standard InChI is InChI=1S/C21H20N6O5/c1-2-23-20(31)17-15(29)16(30)21(32-17)27-10-24-14-18(22)25-13(26-19(14)27)8-7-11-5-3-4-6-12(11)9-28/h3-6,9-10,15-17,21,29-30H,2H2,1H3,(H,23,31)(H2,22,25,26)/t15-,16+,17-,21+/m0/s1. The maximum absolute atomic E-state index is 12.1. The first-order valence-corrected chi connectivity index (χ1v) is 9.80. The molecule has 1 amide bonds. The molecule has 0 saturated carbocycles. The molecule has 1 saturated heterocycles. The van der Waals surface area contributed by atoms with Crippen LogP contribution in [0, 0.1) is 11.8 Å².